The van der Waals surface area contributed by atoms with Crippen molar-refractivity contribution in [2.45, 2.75) is 43.1 Å². The standard InChI is InChI=1S/C15H20O6S/c1-20-14(16)15(17)9-7-13(8-10-15)21-22(18,19)11-12-5-3-2-4-6-12/h2-6,13,17H,7-11H2,1H3. The number of hydrogen-bond acceptors (Lipinski definition) is 6. The van der Waals surface area contributed by atoms with Crippen LogP contribution in [0.2, 0.25) is 0 Å². The van der Waals surface area contributed by atoms with Gasteiger partial charge in [0, 0.05) is 0 Å². The van der Waals surface area contributed by atoms with E-state index in [0.717, 1.165) is 0 Å². The molecular weight excluding hydrogens is 308 g/mol. The van der Waals surface area contributed by atoms with Crippen LogP contribution in [-0.2, 0) is 29.6 Å². The molecule has 0 atom stereocenters. The summed E-state index contributed by atoms with van der Waals surface area (Å²) in [5.74, 6) is -0.871. The molecule has 0 aliphatic heterocycles. The molecule has 0 saturated heterocycles. The van der Waals surface area contributed by atoms with Crippen LogP contribution >= 0.6 is 0 Å². The Labute approximate surface area is 130 Å². The average molecular weight is 328 g/mol. The molecule has 7 heteroatoms. The SMILES string of the molecule is COC(=O)C1(O)CCC(OS(=O)(=O)Cc2ccccc2)CC1. The molecule has 1 aromatic carbocycles. The predicted molar refractivity (Wildman–Crippen MR) is 79.4 cm³/mol. The fourth-order valence-electron chi connectivity index (χ4n) is 2.58. The van der Waals surface area contributed by atoms with Crippen molar-refractivity contribution in [1.29, 1.82) is 0 Å². The summed E-state index contributed by atoms with van der Waals surface area (Å²) in [6.45, 7) is 0. The molecular formula is C15H20O6S. The second kappa shape index (κ2) is 6.76. The maximum absolute atomic E-state index is 12.0. The van der Waals surface area contributed by atoms with Gasteiger partial charge in [0.1, 0.15) is 5.75 Å². The van der Waals surface area contributed by atoms with Gasteiger partial charge in [0.05, 0.1) is 13.2 Å². The van der Waals surface area contributed by atoms with Gasteiger partial charge in [-0.2, -0.15) is 8.42 Å². The monoisotopic (exact) mass is 328 g/mol. The molecule has 6 nitrogen and oxygen atoms in total. The number of aliphatic hydroxyl groups is 1. The van der Waals surface area contributed by atoms with Gasteiger partial charge in [-0.25, -0.2) is 4.79 Å². The van der Waals surface area contributed by atoms with Crippen molar-refractivity contribution in [2.24, 2.45) is 0 Å². The first-order valence-electron chi connectivity index (χ1n) is 7.10. The van der Waals surface area contributed by atoms with Gasteiger partial charge in [-0.1, -0.05) is 30.3 Å². The first-order valence-corrected chi connectivity index (χ1v) is 8.68. The van der Waals surface area contributed by atoms with Gasteiger partial charge < -0.3 is 9.84 Å². The first kappa shape index (κ1) is 16.9. The Bertz CT molecular complexity index is 602. The Balaban J connectivity index is 1.91. The fraction of sp³-hybridized carbons (Fsp3) is 0.533. The highest BCUT2D eigenvalue weighted by Gasteiger charge is 2.42. The molecule has 0 heterocycles. The zero-order chi connectivity index (χ0) is 16.2. The predicted octanol–water partition coefficient (Wildman–Crippen LogP) is 1.38. The van der Waals surface area contributed by atoms with Crippen molar-refractivity contribution < 1.29 is 27.2 Å². The number of rotatable bonds is 5. The number of benzene rings is 1. The molecule has 0 aromatic heterocycles. The summed E-state index contributed by atoms with van der Waals surface area (Å²) < 4.78 is 33.8. The third-order valence-corrected chi connectivity index (χ3v) is 5.05. The molecule has 1 saturated carbocycles. The molecule has 0 bridgehead atoms. The maximum Gasteiger partial charge on any atom is 0.337 e. The Morgan fingerprint density at radius 1 is 1.27 bits per heavy atom. The van der Waals surface area contributed by atoms with Crippen LogP contribution in [0.3, 0.4) is 0 Å². The minimum atomic E-state index is -3.70. The van der Waals surface area contributed by atoms with Crippen molar-refractivity contribution in [3.63, 3.8) is 0 Å². The van der Waals surface area contributed by atoms with Gasteiger partial charge in [-0.15, -0.1) is 0 Å². The smallest absolute Gasteiger partial charge is 0.337 e. The van der Waals surface area contributed by atoms with Crippen LogP contribution in [0.25, 0.3) is 0 Å². The summed E-state index contributed by atoms with van der Waals surface area (Å²) in [6.07, 6.45) is 0.328. The van der Waals surface area contributed by atoms with Crippen LogP contribution in [0.4, 0.5) is 0 Å². The molecule has 0 amide bonds. The van der Waals surface area contributed by atoms with E-state index >= 15 is 0 Å². The largest absolute Gasteiger partial charge is 0.467 e. The van der Waals surface area contributed by atoms with Gasteiger partial charge in [0.15, 0.2) is 5.60 Å². The quantitative estimate of drug-likeness (QED) is 0.649. The van der Waals surface area contributed by atoms with Gasteiger partial charge >= 0.3 is 5.97 Å². The Morgan fingerprint density at radius 3 is 2.41 bits per heavy atom. The van der Waals surface area contributed by atoms with Crippen LogP contribution in [0.15, 0.2) is 30.3 Å². The summed E-state index contributed by atoms with van der Waals surface area (Å²) in [7, 11) is -2.48. The van der Waals surface area contributed by atoms with E-state index in [2.05, 4.69) is 4.74 Å². The Morgan fingerprint density at radius 2 is 1.86 bits per heavy atom. The van der Waals surface area contributed by atoms with Crippen LogP contribution in [0.5, 0.6) is 0 Å². The van der Waals surface area contributed by atoms with Crippen LogP contribution in [-0.4, -0.2) is 38.3 Å². The molecule has 1 aromatic rings. The third-order valence-electron chi connectivity index (χ3n) is 3.79. The third kappa shape index (κ3) is 4.28. The summed E-state index contributed by atoms with van der Waals surface area (Å²) in [5.41, 5.74) is -0.873. The number of hydrogen-bond donors (Lipinski definition) is 1. The highest BCUT2D eigenvalue weighted by Crippen LogP contribution is 2.32. The number of esters is 1. The highest BCUT2D eigenvalue weighted by atomic mass is 32.2. The van der Waals surface area contributed by atoms with Crippen molar-refractivity contribution in [3.8, 4) is 0 Å². The first-order chi connectivity index (χ1) is 10.3. The lowest BCUT2D eigenvalue weighted by Gasteiger charge is -2.33. The maximum atomic E-state index is 12.0. The van der Waals surface area contributed by atoms with Gasteiger partial charge in [-0.05, 0) is 31.2 Å². The van der Waals surface area contributed by atoms with Crippen molar-refractivity contribution >= 4 is 16.1 Å². The minimum Gasteiger partial charge on any atom is -0.467 e. The summed E-state index contributed by atoms with van der Waals surface area (Å²) in [4.78, 5) is 11.5. The number of ether oxygens (including phenoxy) is 1. The minimum absolute atomic E-state index is 0.130. The molecule has 0 radical (unpaired) electrons. The molecule has 122 valence electrons. The second-order valence-corrected chi connectivity index (χ2v) is 7.10. The number of carbonyl (C=O) groups is 1. The Kier molecular flexibility index (Phi) is 5.20. The lowest BCUT2D eigenvalue weighted by atomic mass is 9.83. The summed E-state index contributed by atoms with van der Waals surface area (Å²) in [5, 5.41) is 10.1. The molecule has 22 heavy (non-hydrogen) atoms. The van der Waals surface area contributed by atoms with Crippen molar-refractivity contribution in [1.82, 2.24) is 0 Å². The van der Waals surface area contributed by atoms with E-state index in [1.165, 1.54) is 7.11 Å². The van der Waals surface area contributed by atoms with Crippen molar-refractivity contribution in [3.05, 3.63) is 35.9 Å². The van der Waals surface area contributed by atoms with Crippen molar-refractivity contribution in [2.75, 3.05) is 7.11 Å². The van der Waals surface area contributed by atoms with Gasteiger partial charge in [0.2, 0.25) is 0 Å². The number of carbonyl (C=O) groups excluding carboxylic acids is 1. The van der Waals surface area contributed by atoms with E-state index in [-0.39, 0.29) is 18.6 Å². The van der Waals surface area contributed by atoms with E-state index < -0.39 is 27.8 Å². The van der Waals surface area contributed by atoms with E-state index in [4.69, 9.17) is 4.18 Å². The van der Waals surface area contributed by atoms with Crippen LogP contribution < -0.4 is 0 Å². The average Bonchev–Trinajstić information content (AvgIpc) is 2.49. The number of methoxy groups -OCH3 is 1. The van der Waals surface area contributed by atoms with Gasteiger partial charge in [-0.3, -0.25) is 4.18 Å². The summed E-state index contributed by atoms with van der Waals surface area (Å²) >= 11 is 0. The molecule has 1 N–H and O–H groups in total. The van der Waals surface area contributed by atoms with E-state index in [9.17, 15) is 18.3 Å². The second-order valence-electron chi connectivity index (χ2n) is 5.51. The lowest BCUT2D eigenvalue weighted by Crippen LogP contribution is -2.44. The zero-order valence-corrected chi connectivity index (χ0v) is 13.2. The van der Waals surface area contributed by atoms with E-state index in [1.54, 1.807) is 24.3 Å². The highest BCUT2D eigenvalue weighted by molar-refractivity contribution is 7.85. The molecule has 1 aliphatic rings. The van der Waals surface area contributed by atoms with E-state index in [1.807, 2.05) is 6.07 Å². The van der Waals surface area contributed by atoms with Crippen LogP contribution in [0.1, 0.15) is 31.2 Å². The molecule has 1 aliphatic carbocycles. The molecule has 0 unspecified atom stereocenters. The lowest BCUT2D eigenvalue weighted by molar-refractivity contribution is -0.167. The zero-order valence-electron chi connectivity index (χ0n) is 12.4. The molecule has 0 spiro atoms. The van der Waals surface area contributed by atoms with Gasteiger partial charge in [0.25, 0.3) is 10.1 Å². The topological polar surface area (TPSA) is 89.9 Å². The fourth-order valence-corrected chi connectivity index (χ4v) is 3.85. The molecule has 2 rings (SSSR count). The normalized spacial score (nSPS) is 25.6. The van der Waals surface area contributed by atoms with E-state index in [0.29, 0.717) is 18.4 Å². The summed E-state index contributed by atoms with van der Waals surface area (Å²) in [6, 6.07) is 8.78. The molecule has 1 fully saturated rings. The van der Waals surface area contributed by atoms with Crippen LogP contribution in [0, 0.1) is 0 Å². The Hall–Kier alpha value is -1.44.